The fourth-order valence-electron chi connectivity index (χ4n) is 2.95. The Morgan fingerprint density at radius 1 is 1.30 bits per heavy atom. The van der Waals surface area contributed by atoms with Gasteiger partial charge in [-0.15, -0.1) is 0 Å². The van der Waals surface area contributed by atoms with E-state index in [1.807, 2.05) is 6.92 Å². The van der Waals surface area contributed by atoms with Crippen LogP contribution in [-0.2, 0) is 24.1 Å². The second-order valence-corrected chi connectivity index (χ2v) is 5.64. The van der Waals surface area contributed by atoms with Crippen molar-refractivity contribution in [2.24, 2.45) is 5.73 Å². The summed E-state index contributed by atoms with van der Waals surface area (Å²) in [5, 5.41) is 0. The molecular weight excluding hydrogens is 248 g/mol. The van der Waals surface area contributed by atoms with Gasteiger partial charge >= 0.3 is 0 Å². The minimum Gasteiger partial charge on any atom is -0.371 e. The summed E-state index contributed by atoms with van der Waals surface area (Å²) in [5.74, 6) is 0. The maximum Gasteiger partial charge on any atom is 0.101 e. The van der Waals surface area contributed by atoms with Crippen LogP contribution in [0.1, 0.15) is 29.8 Å². The van der Waals surface area contributed by atoms with Gasteiger partial charge in [0.1, 0.15) is 6.10 Å². The summed E-state index contributed by atoms with van der Waals surface area (Å²) < 4.78 is 8.26. The number of nitrogens with zero attached hydrogens (tertiary/aromatic N) is 1. The van der Waals surface area contributed by atoms with Crippen LogP contribution in [0.3, 0.4) is 0 Å². The molecule has 0 spiro atoms. The molecular formula is C17H22N2O. The molecule has 1 aliphatic heterocycles. The Bertz CT molecular complexity index is 574. The normalized spacial score (nSPS) is 19.6. The highest BCUT2D eigenvalue weighted by atomic mass is 16.5. The average Bonchev–Trinajstić information content (AvgIpc) is 2.86. The van der Waals surface area contributed by atoms with Gasteiger partial charge in [-0.2, -0.15) is 0 Å². The van der Waals surface area contributed by atoms with Gasteiger partial charge in [-0.3, -0.25) is 0 Å². The summed E-state index contributed by atoms with van der Waals surface area (Å²) in [7, 11) is 0. The topological polar surface area (TPSA) is 40.2 Å². The molecule has 0 radical (unpaired) electrons. The van der Waals surface area contributed by atoms with Crippen molar-refractivity contribution in [2.75, 3.05) is 6.61 Å². The van der Waals surface area contributed by atoms with Crippen LogP contribution in [0.2, 0.25) is 0 Å². The Hall–Kier alpha value is -1.58. The molecule has 2 atom stereocenters. The van der Waals surface area contributed by atoms with Gasteiger partial charge in [-0.1, -0.05) is 24.3 Å². The minimum absolute atomic E-state index is 0.152. The van der Waals surface area contributed by atoms with E-state index in [0.29, 0.717) is 0 Å². The lowest BCUT2D eigenvalue weighted by atomic mass is 9.97. The summed E-state index contributed by atoms with van der Waals surface area (Å²) in [4.78, 5) is 0. The van der Waals surface area contributed by atoms with E-state index in [1.54, 1.807) is 0 Å². The van der Waals surface area contributed by atoms with E-state index < -0.39 is 0 Å². The van der Waals surface area contributed by atoms with Crippen molar-refractivity contribution in [3.05, 3.63) is 59.4 Å². The summed E-state index contributed by atoms with van der Waals surface area (Å²) in [6, 6.07) is 13.0. The molecule has 1 aliphatic rings. The van der Waals surface area contributed by atoms with Gasteiger partial charge in [0.25, 0.3) is 0 Å². The Morgan fingerprint density at radius 3 is 3.00 bits per heavy atom. The molecule has 0 fully saturated rings. The average molecular weight is 270 g/mol. The second-order valence-electron chi connectivity index (χ2n) is 5.64. The quantitative estimate of drug-likeness (QED) is 0.928. The Balaban J connectivity index is 1.81. The van der Waals surface area contributed by atoms with Crippen LogP contribution in [0.25, 0.3) is 0 Å². The van der Waals surface area contributed by atoms with E-state index >= 15 is 0 Å². The fourth-order valence-corrected chi connectivity index (χ4v) is 2.95. The predicted octanol–water partition coefficient (Wildman–Crippen LogP) is 2.69. The molecule has 0 saturated heterocycles. The van der Waals surface area contributed by atoms with Crippen LogP contribution in [0.15, 0.2) is 42.6 Å². The van der Waals surface area contributed by atoms with E-state index in [2.05, 4.69) is 47.2 Å². The van der Waals surface area contributed by atoms with Crippen LogP contribution >= 0.6 is 0 Å². The maximum atomic E-state index is 5.99. The van der Waals surface area contributed by atoms with E-state index in [-0.39, 0.29) is 12.1 Å². The van der Waals surface area contributed by atoms with Crippen molar-refractivity contribution in [1.29, 1.82) is 0 Å². The van der Waals surface area contributed by atoms with Gasteiger partial charge < -0.3 is 15.0 Å². The molecule has 0 bridgehead atoms. The molecule has 20 heavy (non-hydrogen) atoms. The Labute approximate surface area is 120 Å². The summed E-state index contributed by atoms with van der Waals surface area (Å²) in [6.07, 6.45) is 4.20. The van der Waals surface area contributed by atoms with Gasteiger partial charge in [0.15, 0.2) is 0 Å². The van der Waals surface area contributed by atoms with Crippen LogP contribution in [0.4, 0.5) is 0 Å². The Morgan fingerprint density at radius 2 is 2.15 bits per heavy atom. The lowest BCUT2D eigenvalue weighted by Crippen LogP contribution is -2.23. The number of fused-ring (bicyclic) bond motifs is 1. The number of nitrogens with two attached hydrogens (primary N) is 1. The molecule has 0 amide bonds. The lowest BCUT2D eigenvalue weighted by molar-refractivity contribution is 0.0302. The van der Waals surface area contributed by atoms with Crippen molar-refractivity contribution in [1.82, 2.24) is 4.57 Å². The molecule has 3 heteroatoms. The zero-order valence-electron chi connectivity index (χ0n) is 12.0. The third kappa shape index (κ3) is 2.79. The molecule has 0 aliphatic carbocycles. The largest absolute Gasteiger partial charge is 0.371 e. The lowest BCUT2D eigenvalue weighted by Gasteiger charge is -2.27. The van der Waals surface area contributed by atoms with Crippen LogP contribution in [-0.4, -0.2) is 17.2 Å². The molecule has 2 unspecified atom stereocenters. The number of hydrogen-bond acceptors (Lipinski definition) is 2. The van der Waals surface area contributed by atoms with E-state index in [4.69, 9.17) is 10.5 Å². The van der Waals surface area contributed by atoms with Gasteiger partial charge in [-0.25, -0.2) is 0 Å². The summed E-state index contributed by atoms with van der Waals surface area (Å²) in [5.41, 5.74) is 9.96. The predicted molar refractivity (Wildman–Crippen MR) is 80.6 cm³/mol. The van der Waals surface area contributed by atoms with E-state index in [1.165, 1.54) is 16.8 Å². The first-order valence-corrected chi connectivity index (χ1v) is 7.33. The summed E-state index contributed by atoms with van der Waals surface area (Å²) >= 11 is 0. The number of hydrogen-bond donors (Lipinski definition) is 1. The molecule has 2 heterocycles. The van der Waals surface area contributed by atoms with Crippen LogP contribution in [0, 0.1) is 0 Å². The molecule has 3 rings (SSSR count). The highest BCUT2D eigenvalue weighted by Crippen LogP contribution is 2.28. The molecule has 1 aromatic carbocycles. The molecule has 2 aromatic rings. The molecule has 3 nitrogen and oxygen atoms in total. The second kappa shape index (κ2) is 5.81. The minimum atomic E-state index is 0.152. The molecule has 2 N–H and O–H groups in total. The zero-order chi connectivity index (χ0) is 13.9. The monoisotopic (exact) mass is 270 g/mol. The van der Waals surface area contributed by atoms with Crippen molar-refractivity contribution in [3.63, 3.8) is 0 Å². The van der Waals surface area contributed by atoms with Crippen molar-refractivity contribution in [3.8, 4) is 0 Å². The number of rotatable bonds is 4. The van der Waals surface area contributed by atoms with Gasteiger partial charge in [0, 0.05) is 24.4 Å². The first kappa shape index (κ1) is 13.4. The number of benzene rings is 1. The number of aromatic nitrogens is 1. The maximum absolute atomic E-state index is 5.99. The first-order valence-electron chi connectivity index (χ1n) is 7.33. The fraction of sp³-hybridized carbons (Fsp3) is 0.412. The van der Waals surface area contributed by atoms with Crippen molar-refractivity contribution < 1.29 is 4.74 Å². The SMILES string of the molecule is CC(N)Cc1cccn1CC1OCCc2ccccc21. The van der Waals surface area contributed by atoms with Gasteiger partial charge in [-0.05, 0) is 36.6 Å². The number of ether oxygens (including phenoxy) is 1. The van der Waals surface area contributed by atoms with E-state index in [9.17, 15) is 0 Å². The van der Waals surface area contributed by atoms with Crippen molar-refractivity contribution in [2.45, 2.75) is 38.5 Å². The molecule has 106 valence electrons. The van der Waals surface area contributed by atoms with Crippen LogP contribution in [0.5, 0.6) is 0 Å². The highest BCUT2D eigenvalue weighted by Gasteiger charge is 2.21. The van der Waals surface area contributed by atoms with E-state index in [0.717, 1.165) is 26.0 Å². The first-order chi connectivity index (χ1) is 9.74. The smallest absolute Gasteiger partial charge is 0.101 e. The highest BCUT2D eigenvalue weighted by molar-refractivity contribution is 5.31. The third-order valence-corrected chi connectivity index (χ3v) is 3.91. The summed E-state index contributed by atoms with van der Waals surface area (Å²) in [6.45, 7) is 3.72. The van der Waals surface area contributed by atoms with Crippen molar-refractivity contribution >= 4 is 0 Å². The molecule has 1 aromatic heterocycles. The standard InChI is InChI=1S/C17H22N2O/c1-13(18)11-15-6-4-9-19(15)12-17-16-7-3-2-5-14(16)8-10-20-17/h2-7,9,13,17H,8,10-12,18H2,1H3. The van der Waals surface area contributed by atoms with Gasteiger partial charge in [0.05, 0.1) is 13.2 Å². The zero-order valence-corrected chi connectivity index (χ0v) is 12.0. The van der Waals surface area contributed by atoms with Crippen LogP contribution < -0.4 is 5.73 Å². The Kier molecular flexibility index (Phi) is 3.90. The molecule has 0 saturated carbocycles. The van der Waals surface area contributed by atoms with Gasteiger partial charge in [0.2, 0.25) is 0 Å². The third-order valence-electron chi connectivity index (χ3n) is 3.91.